The van der Waals surface area contributed by atoms with E-state index in [1.165, 1.54) is 4.90 Å². The number of hydrogen-bond donors (Lipinski definition) is 2. The second-order valence-corrected chi connectivity index (χ2v) is 5.73. The van der Waals surface area contributed by atoms with Gasteiger partial charge < -0.3 is 19.9 Å². The molecule has 2 aromatic rings. The molecule has 6 nitrogen and oxygen atoms in total. The molecule has 0 radical (unpaired) electrons. The van der Waals surface area contributed by atoms with Gasteiger partial charge in [-0.2, -0.15) is 0 Å². The molecule has 132 valence electrons. The molecule has 1 aromatic carbocycles. The summed E-state index contributed by atoms with van der Waals surface area (Å²) in [5.74, 6) is 0. The van der Waals surface area contributed by atoms with Crippen LogP contribution in [-0.2, 0) is 6.54 Å². The Hall–Kier alpha value is -2.86. The summed E-state index contributed by atoms with van der Waals surface area (Å²) >= 11 is 0. The lowest BCUT2D eigenvalue weighted by molar-refractivity contribution is 0.195. The second-order valence-electron chi connectivity index (χ2n) is 5.73. The molecule has 0 aliphatic heterocycles. The van der Waals surface area contributed by atoms with Gasteiger partial charge in [-0.25, -0.2) is 4.79 Å². The fourth-order valence-corrected chi connectivity index (χ4v) is 2.39. The first-order valence-electron chi connectivity index (χ1n) is 8.08. The number of pyridine rings is 1. The zero-order valence-electron chi connectivity index (χ0n) is 14.3. The second kappa shape index (κ2) is 8.84. The molecule has 0 bridgehead atoms. The number of rotatable bonds is 7. The third-order valence-corrected chi connectivity index (χ3v) is 3.74. The number of aliphatic hydroxyl groups is 1. The van der Waals surface area contributed by atoms with Crippen molar-refractivity contribution in [2.75, 3.05) is 25.0 Å². The van der Waals surface area contributed by atoms with Gasteiger partial charge >= 0.3 is 6.03 Å². The standard InChI is InChI=1S/C19H23N3O3/c1-3-10-21(12-13-23)19(25)20-17-5-4-11-22(18(17)24)14-16-8-6-15(2)7-9-16/h3-9,11,23H,1,10,12-14H2,2H3,(H,20,25). The van der Waals surface area contributed by atoms with Crippen LogP contribution in [0.1, 0.15) is 11.1 Å². The minimum atomic E-state index is -0.445. The van der Waals surface area contributed by atoms with E-state index in [-0.39, 0.29) is 30.9 Å². The smallest absolute Gasteiger partial charge is 0.322 e. The van der Waals surface area contributed by atoms with Gasteiger partial charge in [-0.05, 0) is 24.6 Å². The number of urea groups is 1. The number of nitrogens with one attached hydrogen (secondary N) is 1. The fourth-order valence-electron chi connectivity index (χ4n) is 2.39. The molecule has 0 aliphatic rings. The summed E-state index contributed by atoms with van der Waals surface area (Å²) in [4.78, 5) is 26.2. The normalized spacial score (nSPS) is 10.3. The van der Waals surface area contributed by atoms with Crippen molar-refractivity contribution in [3.8, 4) is 0 Å². The SMILES string of the molecule is C=CCN(CCO)C(=O)Nc1cccn(Cc2ccc(C)cc2)c1=O. The number of benzene rings is 1. The number of anilines is 1. The Labute approximate surface area is 147 Å². The average Bonchev–Trinajstić information content (AvgIpc) is 2.60. The molecule has 0 fully saturated rings. The highest BCUT2D eigenvalue weighted by atomic mass is 16.3. The van der Waals surface area contributed by atoms with E-state index in [0.717, 1.165) is 11.1 Å². The van der Waals surface area contributed by atoms with E-state index in [2.05, 4.69) is 11.9 Å². The topological polar surface area (TPSA) is 74.6 Å². The van der Waals surface area contributed by atoms with Crippen LogP contribution < -0.4 is 10.9 Å². The molecule has 1 aromatic heterocycles. The Morgan fingerprint density at radius 3 is 2.68 bits per heavy atom. The lowest BCUT2D eigenvalue weighted by atomic mass is 10.1. The third kappa shape index (κ3) is 5.06. The Kier molecular flexibility index (Phi) is 6.54. The van der Waals surface area contributed by atoms with E-state index < -0.39 is 6.03 Å². The fraction of sp³-hybridized carbons (Fsp3) is 0.263. The number of amides is 2. The van der Waals surface area contributed by atoms with E-state index in [1.807, 2.05) is 31.2 Å². The van der Waals surface area contributed by atoms with E-state index in [0.29, 0.717) is 6.54 Å². The summed E-state index contributed by atoms with van der Waals surface area (Å²) in [5, 5.41) is 11.6. The van der Waals surface area contributed by atoms with Crippen molar-refractivity contribution >= 4 is 11.7 Å². The number of carbonyl (C=O) groups excluding carboxylic acids is 1. The van der Waals surface area contributed by atoms with Crippen LogP contribution in [0.4, 0.5) is 10.5 Å². The first-order valence-corrected chi connectivity index (χ1v) is 8.08. The molecule has 0 spiro atoms. The quantitative estimate of drug-likeness (QED) is 0.758. The number of nitrogens with zero attached hydrogens (tertiary/aromatic N) is 2. The van der Waals surface area contributed by atoms with Crippen LogP contribution >= 0.6 is 0 Å². The monoisotopic (exact) mass is 341 g/mol. The molecule has 1 heterocycles. The van der Waals surface area contributed by atoms with Crippen LogP contribution in [-0.4, -0.2) is 40.3 Å². The Bertz CT molecular complexity index is 781. The molecule has 6 heteroatoms. The van der Waals surface area contributed by atoms with Gasteiger partial charge in [0.2, 0.25) is 0 Å². The molecule has 2 N–H and O–H groups in total. The van der Waals surface area contributed by atoms with Gasteiger partial charge in [0.15, 0.2) is 0 Å². The van der Waals surface area contributed by atoms with Crippen LogP contribution in [0.15, 0.2) is 60.0 Å². The first kappa shape index (κ1) is 18.5. The number of aliphatic hydroxyl groups excluding tert-OH is 1. The first-order chi connectivity index (χ1) is 12.0. The Morgan fingerprint density at radius 1 is 1.32 bits per heavy atom. The molecule has 2 rings (SSSR count). The molecule has 2 amide bonds. The number of carbonyl (C=O) groups is 1. The largest absolute Gasteiger partial charge is 0.395 e. The molecule has 0 saturated heterocycles. The lowest BCUT2D eigenvalue weighted by Crippen LogP contribution is -2.38. The van der Waals surface area contributed by atoms with Crippen molar-refractivity contribution in [3.63, 3.8) is 0 Å². The van der Waals surface area contributed by atoms with E-state index in [9.17, 15) is 9.59 Å². The highest BCUT2D eigenvalue weighted by Crippen LogP contribution is 2.07. The Morgan fingerprint density at radius 2 is 2.04 bits per heavy atom. The third-order valence-electron chi connectivity index (χ3n) is 3.74. The summed E-state index contributed by atoms with van der Waals surface area (Å²) in [6.45, 7) is 6.32. The summed E-state index contributed by atoms with van der Waals surface area (Å²) in [5.41, 5.74) is 2.08. The number of aromatic nitrogens is 1. The highest BCUT2D eigenvalue weighted by Gasteiger charge is 2.14. The minimum absolute atomic E-state index is 0.159. The number of aryl methyl sites for hydroxylation is 1. The summed E-state index contributed by atoms with van der Waals surface area (Å²) in [6, 6.07) is 10.8. The molecule has 25 heavy (non-hydrogen) atoms. The van der Waals surface area contributed by atoms with Crippen molar-refractivity contribution in [2.45, 2.75) is 13.5 Å². The molecule has 0 atom stereocenters. The van der Waals surface area contributed by atoms with Crippen LogP contribution in [0.5, 0.6) is 0 Å². The van der Waals surface area contributed by atoms with Gasteiger partial charge in [0.05, 0.1) is 13.2 Å². The molecule has 0 unspecified atom stereocenters. The highest BCUT2D eigenvalue weighted by molar-refractivity contribution is 5.89. The van der Waals surface area contributed by atoms with Gasteiger partial charge in [-0.1, -0.05) is 35.9 Å². The maximum atomic E-state index is 12.6. The van der Waals surface area contributed by atoms with Crippen molar-refractivity contribution in [3.05, 3.63) is 76.7 Å². The average molecular weight is 341 g/mol. The summed E-state index contributed by atoms with van der Waals surface area (Å²) < 4.78 is 1.55. The molecule has 0 saturated carbocycles. The molecule has 0 aliphatic carbocycles. The van der Waals surface area contributed by atoms with Crippen molar-refractivity contribution in [1.82, 2.24) is 9.47 Å². The molecular formula is C19H23N3O3. The van der Waals surface area contributed by atoms with Crippen LogP contribution in [0.2, 0.25) is 0 Å². The zero-order chi connectivity index (χ0) is 18.2. The van der Waals surface area contributed by atoms with Gasteiger partial charge in [-0.3, -0.25) is 4.79 Å². The van der Waals surface area contributed by atoms with Gasteiger partial charge in [-0.15, -0.1) is 6.58 Å². The maximum Gasteiger partial charge on any atom is 0.322 e. The summed E-state index contributed by atoms with van der Waals surface area (Å²) in [6.07, 6.45) is 3.25. The Balaban J connectivity index is 2.17. The van der Waals surface area contributed by atoms with Crippen molar-refractivity contribution in [1.29, 1.82) is 0 Å². The summed E-state index contributed by atoms with van der Waals surface area (Å²) in [7, 11) is 0. The predicted molar refractivity (Wildman–Crippen MR) is 98.9 cm³/mol. The van der Waals surface area contributed by atoms with Gasteiger partial charge in [0.1, 0.15) is 5.69 Å². The van der Waals surface area contributed by atoms with Crippen molar-refractivity contribution < 1.29 is 9.90 Å². The lowest BCUT2D eigenvalue weighted by Gasteiger charge is -2.20. The number of hydrogen-bond acceptors (Lipinski definition) is 3. The van der Waals surface area contributed by atoms with Crippen LogP contribution in [0.25, 0.3) is 0 Å². The maximum absolute atomic E-state index is 12.6. The molecular weight excluding hydrogens is 318 g/mol. The van der Waals surface area contributed by atoms with Crippen molar-refractivity contribution in [2.24, 2.45) is 0 Å². The van der Waals surface area contributed by atoms with E-state index in [4.69, 9.17) is 5.11 Å². The van der Waals surface area contributed by atoms with Crippen LogP contribution in [0.3, 0.4) is 0 Å². The zero-order valence-corrected chi connectivity index (χ0v) is 14.3. The van der Waals surface area contributed by atoms with Gasteiger partial charge in [0, 0.05) is 19.3 Å². The van der Waals surface area contributed by atoms with Crippen LogP contribution in [0, 0.1) is 6.92 Å². The predicted octanol–water partition coefficient (Wildman–Crippen LogP) is 2.22. The minimum Gasteiger partial charge on any atom is -0.395 e. The van der Waals surface area contributed by atoms with Gasteiger partial charge in [0.25, 0.3) is 5.56 Å². The van der Waals surface area contributed by atoms with E-state index >= 15 is 0 Å². The van der Waals surface area contributed by atoms with E-state index in [1.54, 1.807) is 29.0 Å².